The van der Waals surface area contributed by atoms with Gasteiger partial charge >= 0.3 is 0 Å². The van der Waals surface area contributed by atoms with Crippen LogP contribution in [0.4, 0.5) is 5.95 Å². The minimum atomic E-state index is -0.742. The van der Waals surface area contributed by atoms with E-state index in [1.54, 1.807) is 6.26 Å². The quantitative estimate of drug-likeness (QED) is 0.875. The Morgan fingerprint density at radius 3 is 2.94 bits per heavy atom. The molecule has 1 fully saturated rings. The number of rotatable bonds is 5. The van der Waals surface area contributed by atoms with Crippen LogP contribution in [0, 0.1) is 0 Å². The van der Waals surface area contributed by atoms with Gasteiger partial charge in [-0.25, -0.2) is 4.98 Å². The summed E-state index contributed by atoms with van der Waals surface area (Å²) >= 11 is 0. The van der Waals surface area contributed by atoms with Gasteiger partial charge in [0, 0.05) is 47.8 Å². The van der Waals surface area contributed by atoms with E-state index in [2.05, 4.69) is 14.9 Å². The first-order chi connectivity index (χ1) is 8.25. The van der Waals surface area contributed by atoms with Crippen LogP contribution in [0.2, 0.25) is 0 Å². The highest BCUT2D eigenvalue weighted by atomic mass is 32.2. The molecule has 0 amide bonds. The van der Waals surface area contributed by atoms with E-state index >= 15 is 0 Å². The number of aromatic nitrogens is 2. The maximum absolute atomic E-state index is 11.1. The van der Waals surface area contributed by atoms with E-state index in [0.717, 1.165) is 12.5 Å². The molecule has 2 rings (SSSR count). The van der Waals surface area contributed by atoms with Gasteiger partial charge in [0.05, 0.1) is 0 Å². The number of hydrogen-bond donors (Lipinski definition) is 1. The summed E-state index contributed by atoms with van der Waals surface area (Å²) in [6.07, 6.45) is 12.0. The second kappa shape index (κ2) is 6.19. The Balaban J connectivity index is 1.91. The summed E-state index contributed by atoms with van der Waals surface area (Å²) in [5, 5.41) is 3.51. The highest BCUT2D eigenvalue weighted by molar-refractivity contribution is 7.84. The van der Waals surface area contributed by atoms with Crippen LogP contribution in [0.3, 0.4) is 0 Å². The number of aryl methyl sites for hydroxylation is 1. The van der Waals surface area contributed by atoms with E-state index < -0.39 is 10.8 Å². The molecule has 0 aromatic carbocycles. The van der Waals surface area contributed by atoms with E-state index in [1.807, 2.05) is 12.4 Å². The van der Waals surface area contributed by atoms with E-state index in [-0.39, 0.29) is 0 Å². The van der Waals surface area contributed by atoms with Gasteiger partial charge in [0.2, 0.25) is 5.95 Å². The first-order valence-electron chi connectivity index (χ1n) is 6.33. The third-order valence-corrected chi connectivity index (χ3v) is 4.03. The summed E-state index contributed by atoms with van der Waals surface area (Å²) in [5.74, 6) is 1.62. The van der Waals surface area contributed by atoms with Crippen LogP contribution in [0.25, 0.3) is 0 Å². The van der Waals surface area contributed by atoms with Crippen molar-refractivity contribution < 1.29 is 4.21 Å². The van der Waals surface area contributed by atoms with Crippen LogP contribution in [-0.4, -0.2) is 31.8 Å². The van der Waals surface area contributed by atoms with Crippen LogP contribution >= 0.6 is 0 Å². The molecule has 96 valence electrons. The highest BCUT2D eigenvalue weighted by Crippen LogP contribution is 2.20. The van der Waals surface area contributed by atoms with Gasteiger partial charge in [-0.2, -0.15) is 0 Å². The molecule has 1 aliphatic carbocycles. The van der Waals surface area contributed by atoms with Crippen molar-refractivity contribution in [2.45, 2.75) is 44.7 Å². The summed E-state index contributed by atoms with van der Waals surface area (Å²) in [6.45, 7) is 0.776. The van der Waals surface area contributed by atoms with Crippen LogP contribution < -0.4 is 5.32 Å². The average Bonchev–Trinajstić information content (AvgIpc) is 2.75. The topological polar surface area (TPSA) is 46.9 Å². The van der Waals surface area contributed by atoms with Crippen molar-refractivity contribution in [1.82, 2.24) is 9.55 Å². The Hall–Kier alpha value is -0.840. The summed E-state index contributed by atoms with van der Waals surface area (Å²) in [4.78, 5) is 4.34. The zero-order valence-corrected chi connectivity index (χ0v) is 11.2. The smallest absolute Gasteiger partial charge is 0.203 e. The Morgan fingerprint density at radius 2 is 2.24 bits per heavy atom. The maximum Gasteiger partial charge on any atom is 0.203 e. The van der Waals surface area contributed by atoms with Gasteiger partial charge in [-0.1, -0.05) is 19.3 Å². The van der Waals surface area contributed by atoms with Crippen molar-refractivity contribution >= 4 is 16.7 Å². The average molecular weight is 255 g/mol. The molecule has 4 nitrogen and oxygen atoms in total. The molecular formula is C12H21N3OS. The fraction of sp³-hybridized carbons (Fsp3) is 0.750. The van der Waals surface area contributed by atoms with Crippen LogP contribution in [0.15, 0.2) is 12.4 Å². The lowest BCUT2D eigenvalue weighted by Crippen LogP contribution is -2.24. The third kappa shape index (κ3) is 3.84. The second-order valence-electron chi connectivity index (χ2n) is 4.70. The molecule has 0 spiro atoms. The maximum atomic E-state index is 11.1. The molecule has 0 aliphatic heterocycles. The Labute approximate surface area is 105 Å². The van der Waals surface area contributed by atoms with Crippen molar-refractivity contribution in [3.63, 3.8) is 0 Å². The van der Waals surface area contributed by atoms with Gasteiger partial charge < -0.3 is 9.88 Å². The first kappa shape index (κ1) is 12.6. The Bertz CT molecular complexity index is 372. The highest BCUT2D eigenvalue weighted by Gasteiger charge is 2.15. The fourth-order valence-corrected chi connectivity index (χ4v) is 2.74. The molecule has 1 aromatic heterocycles. The van der Waals surface area contributed by atoms with Crippen molar-refractivity contribution in [3.05, 3.63) is 12.4 Å². The molecule has 1 saturated carbocycles. The molecule has 1 aromatic rings. The van der Waals surface area contributed by atoms with Crippen LogP contribution in [0.1, 0.15) is 32.1 Å². The largest absolute Gasteiger partial charge is 0.353 e. The van der Waals surface area contributed by atoms with Crippen molar-refractivity contribution in [1.29, 1.82) is 0 Å². The summed E-state index contributed by atoms with van der Waals surface area (Å²) < 4.78 is 13.2. The van der Waals surface area contributed by atoms with Crippen LogP contribution in [0.5, 0.6) is 0 Å². The molecule has 1 N–H and O–H groups in total. The molecular weight excluding hydrogens is 234 g/mol. The molecule has 5 heteroatoms. The lowest BCUT2D eigenvalue weighted by atomic mass is 9.96. The van der Waals surface area contributed by atoms with Gasteiger partial charge in [0.25, 0.3) is 0 Å². The lowest BCUT2D eigenvalue weighted by Gasteiger charge is -2.23. The van der Waals surface area contributed by atoms with Crippen molar-refractivity contribution in [2.24, 2.45) is 0 Å². The van der Waals surface area contributed by atoms with Gasteiger partial charge in [0.1, 0.15) is 0 Å². The predicted molar refractivity (Wildman–Crippen MR) is 71.7 cm³/mol. The molecule has 0 bridgehead atoms. The van der Waals surface area contributed by atoms with Gasteiger partial charge in [-0.3, -0.25) is 4.21 Å². The minimum Gasteiger partial charge on any atom is -0.353 e. The molecule has 1 unspecified atom stereocenters. The molecule has 1 atom stereocenters. The molecule has 0 radical (unpaired) electrons. The van der Waals surface area contributed by atoms with E-state index in [4.69, 9.17) is 0 Å². The Morgan fingerprint density at radius 1 is 1.47 bits per heavy atom. The number of nitrogens with one attached hydrogen (secondary N) is 1. The number of anilines is 1. The predicted octanol–water partition coefficient (Wildman–Crippen LogP) is 2.01. The monoisotopic (exact) mass is 255 g/mol. The van der Waals surface area contributed by atoms with Crippen LogP contribution in [-0.2, 0) is 17.3 Å². The molecule has 17 heavy (non-hydrogen) atoms. The number of hydrogen-bond acceptors (Lipinski definition) is 3. The fourth-order valence-electron chi connectivity index (χ4n) is 2.29. The minimum absolute atomic E-state index is 0.567. The van der Waals surface area contributed by atoms with Crippen molar-refractivity contribution in [2.75, 3.05) is 17.3 Å². The number of nitrogens with zero attached hydrogens (tertiary/aromatic N) is 2. The SMILES string of the molecule is CS(=O)CCn1ccnc1NC1CCCCC1. The first-order valence-corrected chi connectivity index (χ1v) is 8.06. The second-order valence-corrected chi connectivity index (χ2v) is 6.26. The third-order valence-electron chi connectivity index (χ3n) is 3.27. The Kier molecular flexibility index (Phi) is 4.59. The van der Waals surface area contributed by atoms with E-state index in [1.165, 1.54) is 32.1 Å². The number of imidazole rings is 1. The molecule has 1 aliphatic rings. The summed E-state index contributed by atoms with van der Waals surface area (Å²) in [5.41, 5.74) is 0. The van der Waals surface area contributed by atoms with E-state index in [0.29, 0.717) is 11.8 Å². The van der Waals surface area contributed by atoms with Crippen molar-refractivity contribution in [3.8, 4) is 0 Å². The normalized spacial score (nSPS) is 19.1. The van der Waals surface area contributed by atoms with E-state index in [9.17, 15) is 4.21 Å². The zero-order valence-electron chi connectivity index (χ0n) is 10.4. The zero-order chi connectivity index (χ0) is 12.1. The molecule has 1 heterocycles. The van der Waals surface area contributed by atoms with Gasteiger partial charge in [0.15, 0.2) is 0 Å². The van der Waals surface area contributed by atoms with Gasteiger partial charge in [-0.15, -0.1) is 0 Å². The van der Waals surface area contributed by atoms with Gasteiger partial charge in [-0.05, 0) is 12.8 Å². The summed E-state index contributed by atoms with van der Waals surface area (Å²) in [7, 11) is -0.742. The lowest BCUT2D eigenvalue weighted by molar-refractivity contribution is 0.459. The molecule has 0 saturated heterocycles. The summed E-state index contributed by atoms with van der Waals surface area (Å²) in [6, 6.07) is 0.567. The standard InChI is InChI=1S/C12H21N3OS/c1-17(16)10-9-15-8-7-13-12(15)14-11-5-3-2-4-6-11/h7-8,11H,2-6,9-10H2,1H3,(H,13,14).